The summed E-state index contributed by atoms with van der Waals surface area (Å²) >= 11 is 2.88. The van der Waals surface area contributed by atoms with Crippen molar-refractivity contribution in [3.8, 4) is 0 Å². The second-order valence-corrected chi connectivity index (χ2v) is 7.31. The summed E-state index contributed by atoms with van der Waals surface area (Å²) < 4.78 is 3.58. The van der Waals surface area contributed by atoms with E-state index in [0.29, 0.717) is 16.3 Å². The molecular weight excluding hydrogens is 368 g/mol. The Kier molecular flexibility index (Phi) is 5.10. The predicted molar refractivity (Wildman–Crippen MR) is 104 cm³/mol. The maximum Gasteiger partial charge on any atom is 0.267 e. The molecular formula is C17H18N6OS2. The van der Waals surface area contributed by atoms with Crippen molar-refractivity contribution in [1.29, 1.82) is 0 Å². The van der Waals surface area contributed by atoms with Gasteiger partial charge in [-0.15, -0.1) is 11.3 Å². The topological polar surface area (TPSA) is 77.1 Å². The van der Waals surface area contributed by atoms with Gasteiger partial charge in [0.25, 0.3) is 5.91 Å². The standard InChI is InChI=1S/C16H14N6OS2.CH4/c1-10-5-8-24-14(10)15(23)19-11-9-22-12(18-11)3-4-13(20-22)25-16-17-6-7-21(16)2;/h3-9H,1-2H3,(H,19,23);1H4. The molecule has 0 spiro atoms. The molecule has 26 heavy (non-hydrogen) atoms. The maximum absolute atomic E-state index is 12.3. The number of amides is 1. The lowest BCUT2D eigenvalue weighted by Crippen LogP contribution is -2.11. The number of thiophene rings is 1. The highest BCUT2D eigenvalue weighted by molar-refractivity contribution is 7.99. The summed E-state index contributed by atoms with van der Waals surface area (Å²) in [6.07, 6.45) is 5.34. The van der Waals surface area contributed by atoms with Crippen LogP contribution in [0.2, 0.25) is 0 Å². The van der Waals surface area contributed by atoms with Gasteiger partial charge in [0.15, 0.2) is 16.6 Å². The Morgan fingerprint density at radius 2 is 2.15 bits per heavy atom. The molecule has 4 aromatic heterocycles. The Hall–Kier alpha value is -2.65. The van der Waals surface area contributed by atoms with Crippen LogP contribution < -0.4 is 5.32 Å². The summed E-state index contributed by atoms with van der Waals surface area (Å²) in [4.78, 5) is 21.7. The van der Waals surface area contributed by atoms with Gasteiger partial charge in [0.2, 0.25) is 0 Å². The number of imidazole rings is 2. The Morgan fingerprint density at radius 3 is 2.85 bits per heavy atom. The third-order valence-electron chi connectivity index (χ3n) is 3.58. The monoisotopic (exact) mass is 386 g/mol. The molecule has 134 valence electrons. The van der Waals surface area contributed by atoms with Crippen LogP contribution in [-0.4, -0.2) is 30.1 Å². The summed E-state index contributed by atoms with van der Waals surface area (Å²) in [5.41, 5.74) is 1.63. The van der Waals surface area contributed by atoms with Crippen LogP contribution in [0.5, 0.6) is 0 Å². The highest BCUT2D eigenvalue weighted by Gasteiger charge is 2.13. The van der Waals surface area contributed by atoms with Gasteiger partial charge in [0.1, 0.15) is 5.03 Å². The van der Waals surface area contributed by atoms with Crippen molar-refractivity contribution in [2.75, 3.05) is 5.32 Å². The summed E-state index contributed by atoms with van der Waals surface area (Å²) in [7, 11) is 1.94. The molecule has 0 aliphatic heterocycles. The number of nitrogens with zero attached hydrogens (tertiary/aromatic N) is 5. The van der Waals surface area contributed by atoms with E-state index in [9.17, 15) is 4.79 Å². The smallest absolute Gasteiger partial charge is 0.267 e. The quantitative estimate of drug-likeness (QED) is 0.576. The first-order chi connectivity index (χ1) is 12.1. The van der Waals surface area contributed by atoms with E-state index in [4.69, 9.17) is 0 Å². The number of hydrogen-bond acceptors (Lipinski definition) is 6. The van der Waals surface area contributed by atoms with E-state index in [2.05, 4.69) is 20.4 Å². The highest BCUT2D eigenvalue weighted by Crippen LogP contribution is 2.24. The fourth-order valence-electron chi connectivity index (χ4n) is 2.30. The molecule has 4 aromatic rings. The van der Waals surface area contributed by atoms with Gasteiger partial charge in [-0.3, -0.25) is 4.79 Å². The largest absolute Gasteiger partial charge is 0.329 e. The van der Waals surface area contributed by atoms with Crippen LogP contribution in [0.25, 0.3) is 5.65 Å². The first-order valence-corrected chi connectivity index (χ1v) is 9.17. The van der Waals surface area contributed by atoms with E-state index < -0.39 is 0 Å². The molecule has 0 saturated carbocycles. The lowest BCUT2D eigenvalue weighted by atomic mass is 10.3. The third kappa shape index (κ3) is 3.49. The number of fused-ring (bicyclic) bond motifs is 1. The van der Waals surface area contributed by atoms with Gasteiger partial charge in [-0.25, -0.2) is 14.5 Å². The zero-order valence-electron chi connectivity index (χ0n) is 13.5. The number of hydrogen-bond donors (Lipinski definition) is 1. The molecule has 0 saturated heterocycles. The van der Waals surface area contributed by atoms with Crippen molar-refractivity contribution in [2.45, 2.75) is 24.5 Å². The molecule has 4 heterocycles. The molecule has 1 amide bonds. The van der Waals surface area contributed by atoms with Crippen molar-refractivity contribution in [3.05, 3.63) is 52.6 Å². The number of anilines is 1. The zero-order chi connectivity index (χ0) is 17.4. The summed E-state index contributed by atoms with van der Waals surface area (Å²) in [5, 5.41) is 10.9. The van der Waals surface area contributed by atoms with Crippen LogP contribution in [0.4, 0.5) is 5.82 Å². The Bertz CT molecular complexity index is 1060. The molecule has 1 N–H and O–H groups in total. The molecule has 0 radical (unpaired) electrons. The van der Waals surface area contributed by atoms with Crippen LogP contribution in [0.15, 0.2) is 52.4 Å². The second kappa shape index (κ2) is 7.30. The molecule has 0 fully saturated rings. The number of rotatable bonds is 4. The van der Waals surface area contributed by atoms with Gasteiger partial charge < -0.3 is 9.88 Å². The lowest BCUT2D eigenvalue weighted by Gasteiger charge is -2.01. The fraction of sp³-hybridized carbons (Fsp3) is 0.176. The third-order valence-corrected chi connectivity index (χ3v) is 5.60. The molecule has 9 heteroatoms. The summed E-state index contributed by atoms with van der Waals surface area (Å²) in [5.74, 6) is 0.322. The van der Waals surface area contributed by atoms with Crippen LogP contribution in [0, 0.1) is 6.92 Å². The average Bonchev–Trinajstić information content (AvgIpc) is 3.28. The zero-order valence-corrected chi connectivity index (χ0v) is 15.1. The average molecular weight is 387 g/mol. The van der Waals surface area contributed by atoms with E-state index in [1.165, 1.54) is 23.1 Å². The van der Waals surface area contributed by atoms with Crippen LogP contribution in [-0.2, 0) is 7.05 Å². The van der Waals surface area contributed by atoms with Gasteiger partial charge in [0.05, 0.1) is 11.1 Å². The van der Waals surface area contributed by atoms with Crippen molar-refractivity contribution in [3.63, 3.8) is 0 Å². The molecule has 0 atom stereocenters. The van der Waals surface area contributed by atoms with Gasteiger partial charge in [-0.1, -0.05) is 7.43 Å². The lowest BCUT2D eigenvalue weighted by molar-refractivity contribution is 0.102. The Labute approximate surface area is 159 Å². The van der Waals surface area contributed by atoms with E-state index >= 15 is 0 Å². The van der Waals surface area contributed by atoms with Crippen LogP contribution in [0.3, 0.4) is 0 Å². The summed E-state index contributed by atoms with van der Waals surface area (Å²) in [6, 6.07) is 5.67. The van der Waals surface area contributed by atoms with Gasteiger partial charge in [-0.05, 0) is 47.8 Å². The van der Waals surface area contributed by atoms with Gasteiger partial charge in [0, 0.05) is 19.4 Å². The van der Waals surface area contributed by atoms with E-state index in [-0.39, 0.29) is 13.3 Å². The van der Waals surface area contributed by atoms with Crippen LogP contribution >= 0.6 is 23.1 Å². The number of nitrogens with one attached hydrogen (secondary N) is 1. The predicted octanol–water partition coefficient (Wildman–Crippen LogP) is 3.87. The molecule has 0 aliphatic carbocycles. The normalized spacial score (nSPS) is 10.7. The minimum Gasteiger partial charge on any atom is -0.329 e. The van der Waals surface area contributed by atoms with Crippen molar-refractivity contribution in [2.24, 2.45) is 7.05 Å². The van der Waals surface area contributed by atoms with E-state index in [0.717, 1.165) is 15.7 Å². The molecule has 0 aromatic carbocycles. The molecule has 4 rings (SSSR count). The van der Waals surface area contributed by atoms with Gasteiger partial charge >= 0.3 is 0 Å². The molecule has 7 nitrogen and oxygen atoms in total. The maximum atomic E-state index is 12.3. The minimum atomic E-state index is -0.154. The first-order valence-electron chi connectivity index (χ1n) is 7.47. The van der Waals surface area contributed by atoms with Gasteiger partial charge in [-0.2, -0.15) is 5.10 Å². The summed E-state index contributed by atoms with van der Waals surface area (Å²) in [6.45, 7) is 1.91. The van der Waals surface area contributed by atoms with Crippen molar-refractivity contribution >= 4 is 40.5 Å². The Morgan fingerprint density at radius 1 is 1.31 bits per heavy atom. The number of carbonyl (C=O) groups is 1. The molecule has 0 aliphatic rings. The highest BCUT2D eigenvalue weighted by atomic mass is 32.2. The van der Waals surface area contributed by atoms with Crippen molar-refractivity contribution < 1.29 is 4.79 Å². The SMILES string of the molecule is C.Cc1ccsc1C(=O)Nc1cn2nc(Sc3nccn3C)ccc2n1. The Balaban J connectivity index is 0.00000196. The van der Waals surface area contributed by atoms with E-state index in [1.54, 1.807) is 16.9 Å². The second-order valence-electron chi connectivity index (χ2n) is 5.41. The number of aromatic nitrogens is 5. The van der Waals surface area contributed by atoms with Crippen molar-refractivity contribution in [1.82, 2.24) is 24.1 Å². The fourth-order valence-corrected chi connectivity index (χ4v) is 3.89. The number of carbonyl (C=O) groups excluding carboxylic acids is 1. The first kappa shape index (κ1) is 18.2. The molecule has 0 bridgehead atoms. The van der Waals surface area contributed by atoms with Crippen LogP contribution in [0.1, 0.15) is 22.7 Å². The number of aryl methyl sites for hydroxylation is 2. The minimum absolute atomic E-state index is 0. The van der Waals surface area contributed by atoms with E-state index in [1.807, 2.05) is 48.3 Å². The molecule has 0 unspecified atom stereocenters.